The number of hydrogen-bond acceptors (Lipinski definition) is 4. The largest absolute Gasteiger partial charge is 0.291 e. The molecule has 0 radical (unpaired) electrons. The summed E-state index contributed by atoms with van der Waals surface area (Å²) in [6.45, 7) is 0. The molecule has 0 saturated carbocycles. The van der Waals surface area contributed by atoms with Crippen molar-refractivity contribution in [1.29, 1.82) is 0 Å². The average Bonchev–Trinajstić information content (AvgIpc) is 2.49. The second-order valence-corrected chi connectivity index (χ2v) is 4.86. The molecule has 0 bridgehead atoms. The summed E-state index contributed by atoms with van der Waals surface area (Å²) in [5.74, 6) is -0.512. The predicted molar refractivity (Wildman–Crippen MR) is 84.2 cm³/mol. The first-order chi connectivity index (χ1) is 10.1. The van der Waals surface area contributed by atoms with Crippen LogP contribution in [0.5, 0.6) is 0 Å². The van der Waals surface area contributed by atoms with Crippen LogP contribution in [-0.4, -0.2) is 22.3 Å². The molecule has 2 aromatic rings. The number of carbonyl (C=O) groups is 1. The van der Waals surface area contributed by atoms with Crippen molar-refractivity contribution in [3.05, 3.63) is 68.6 Å². The van der Waals surface area contributed by atoms with Crippen LogP contribution in [0.25, 0.3) is 6.08 Å². The molecule has 0 saturated heterocycles. The summed E-state index contributed by atoms with van der Waals surface area (Å²) in [5, 5.41) is 9.56. The van der Waals surface area contributed by atoms with Gasteiger partial charge in [0.2, 0.25) is 0 Å². The number of aromatic nitrogens is 2. The van der Waals surface area contributed by atoms with Crippen molar-refractivity contribution in [3.63, 3.8) is 0 Å². The highest BCUT2D eigenvalue weighted by Gasteiger charge is 2.05. The lowest BCUT2D eigenvalue weighted by atomic mass is 10.2. The first-order valence-corrected chi connectivity index (χ1v) is 6.76. The molecule has 2 N–H and O–H groups in total. The van der Waals surface area contributed by atoms with Crippen molar-refractivity contribution in [2.45, 2.75) is 0 Å². The quantitative estimate of drug-likeness (QED) is 0.654. The predicted octanol–water partition coefficient (Wildman–Crippen LogP) is 1.92. The lowest BCUT2D eigenvalue weighted by molar-refractivity contribution is 0.0949. The molecule has 0 aliphatic heterocycles. The number of amides is 1. The van der Waals surface area contributed by atoms with Gasteiger partial charge < -0.3 is 0 Å². The van der Waals surface area contributed by atoms with Gasteiger partial charge in [-0.1, -0.05) is 30.3 Å². The van der Waals surface area contributed by atoms with Crippen molar-refractivity contribution < 1.29 is 4.79 Å². The van der Waals surface area contributed by atoms with Crippen LogP contribution in [0.1, 0.15) is 16.1 Å². The number of hydrazone groups is 1. The number of nitrogens with one attached hydrogen (secondary N) is 2. The summed E-state index contributed by atoms with van der Waals surface area (Å²) < 4.78 is 0.698. The Kier molecular flexibility index (Phi) is 5.16. The highest BCUT2D eigenvalue weighted by atomic mass is 79.9. The Hall–Kier alpha value is -2.54. The number of halogens is 1. The van der Waals surface area contributed by atoms with E-state index in [2.05, 4.69) is 36.7 Å². The van der Waals surface area contributed by atoms with Gasteiger partial charge in [-0.25, -0.2) is 10.5 Å². The molecule has 0 atom stereocenters. The molecule has 7 heteroatoms. The maximum absolute atomic E-state index is 11.7. The molecule has 2 rings (SSSR count). The summed E-state index contributed by atoms with van der Waals surface area (Å²) in [4.78, 5) is 22.5. The number of H-pyrrole nitrogens is 1. The minimum Gasteiger partial charge on any atom is -0.268 e. The molecule has 1 heterocycles. The third-order valence-corrected chi connectivity index (χ3v) is 2.80. The van der Waals surface area contributed by atoms with Crippen LogP contribution in [-0.2, 0) is 0 Å². The molecule has 1 amide bonds. The van der Waals surface area contributed by atoms with E-state index in [-0.39, 0.29) is 11.3 Å². The standard InChI is InChI=1S/C14H11BrN4O2/c15-11(8-10-4-2-1-3-5-10)9-16-19-14(21)12-6-7-13(20)18-17-12/h1-9H,(H,18,20)(H,19,21)/b11-8-,16-9+. The van der Waals surface area contributed by atoms with Crippen LogP contribution in [0.15, 0.2) is 56.8 Å². The van der Waals surface area contributed by atoms with E-state index in [1.165, 1.54) is 18.3 Å². The fourth-order valence-electron chi connectivity index (χ4n) is 1.43. The monoisotopic (exact) mass is 346 g/mol. The van der Waals surface area contributed by atoms with Gasteiger partial charge in [-0.3, -0.25) is 9.59 Å². The maximum atomic E-state index is 11.7. The number of aromatic amines is 1. The molecule has 106 valence electrons. The summed E-state index contributed by atoms with van der Waals surface area (Å²) in [6, 6.07) is 12.2. The van der Waals surface area contributed by atoms with Gasteiger partial charge in [-0.15, -0.1) is 0 Å². The van der Waals surface area contributed by atoms with Gasteiger partial charge in [0.15, 0.2) is 5.69 Å². The number of allylic oxidation sites excluding steroid dienone is 1. The Morgan fingerprint density at radius 2 is 2.00 bits per heavy atom. The Bertz CT molecular complexity index is 718. The molecular formula is C14H11BrN4O2. The third kappa shape index (κ3) is 4.81. The summed E-state index contributed by atoms with van der Waals surface area (Å²) in [5.41, 5.74) is 3.02. The Labute approximate surface area is 128 Å². The van der Waals surface area contributed by atoms with Gasteiger partial charge in [-0.2, -0.15) is 10.2 Å². The molecule has 0 unspecified atom stereocenters. The molecule has 0 aliphatic carbocycles. The molecular weight excluding hydrogens is 336 g/mol. The van der Waals surface area contributed by atoms with Crippen molar-refractivity contribution in [1.82, 2.24) is 15.6 Å². The van der Waals surface area contributed by atoms with Gasteiger partial charge in [0.1, 0.15) is 0 Å². The van der Waals surface area contributed by atoms with E-state index in [4.69, 9.17) is 0 Å². The maximum Gasteiger partial charge on any atom is 0.291 e. The van der Waals surface area contributed by atoms with Crippen LogP contribution < -0.4 is 11.0 Å². The molecule has 1 aromatic carbocycles. The van der Waals surface area contributed by atoms with Crippen molar-refractivity contribution in [2.24, 2.45) is 5.10 Å². The molecule has 0 aliphatic rings. The third-order valence-electron chi connectivity index (χ3n) is 2.37. The second-order valence-electron chi connectivity index (χ2n) is 3.95. The zero-order valence-electron chi connectivity index (χ0n) is 10.8. The van der Waals surface area contributed by atoms with E-state index >= 15 is 0 Å². The minimum absolute atomic E-state index is 0.0786. The van der Waals surface area contributed by atoms with Crippen LogP contribution in [0.3, 0.4) is 0 Å². The molecule has 21 heavy (non-hydrogen) atoms. The average molecular weight is 347 g/mol. The first-order valence-electron chi connectivity index (χ1n) is 5.96. The summed E-state index contributed by atoms with van der Waals surface area (Å²) >= 11 is 3.33. The SMILES string of the molecule is O=C(N/N=C/C(Br)=C/c1ccccc1)c1ccc(=O)[nH]n1. The fourth-order valence-corrected chi connectivity index (χ4v) is 1.79. The Balaban J connectivity index is 1.96. The minimum atomic E-state index is -0.512. The number of benzene rings is 1. The number of carbonyl (C=O) groups excluding carboxylic acids is 1. The van der Waals surface area contributed by atoms with E-state index in [0.717, 1.165) is 5.56 Å². The van der Waals surface area contributed by atoms with Gasteiger partial charge in [-0.05, 0) is 33.6 Å². The Morgan fingerprint density at radius 3 is 2.67 bits per heavy atom. The van der Waals surface area contributed by atoms with Crippen molar-refractivity contribution >= 4 is 34.1 Å². The molecule has 0 fully saturated rings. The van der Waals surface area contributed by atoms with Gasteiger partial charge in [0.25, 0.3) is 11.5 Å². The van der Waals surface area contributed by atoms with Crippen molar-refractivity contribution in [3.8, 4) is 0 Å². The van der Waals surface area contributed by atoms with Gasteiger partial charge >= 0.3 is 0 Å². The molecule has 6 nitrogen and oxygen atoms in total. The first kappa shape index (κ1) is 14.9. The fraction of sp³-hybridized carbons (Fsp3) is 0. The topological polar surface area (TPSA) is 87.2 Å². The number of rotatable bonds is 4. The van der Waals surface area contributed by atoms with Crippen LogP contribution in [0.4, 0.5) is 0 Å². The smallest absolute Gasteiger partial charge is 0.268 e. The van der Waals surface area contributed by atoms with E-state index in [9.17, 15) is 9.59 Å². The summed E-state index contributed by atoms with van der Waals surface area (Å²) in [7, 11) is 0. The highest BCUT2D eigenvalue weighted by molar-refractivity contribution is 9.12. The van der Waals surface area contributed by atoms with Gasteiger partial charge in [0.05, 0.1) is 6.21 Å². The normalized spacial score (nSPS) is 11.6. The van der Waals surface area contributed by atoms with E-state index < -0.39 is 5.91 Å². The lowest BCUT2D eigenvalue weighted by Crippen LogP contribution is -2.21. The van der Waals surface area contributed by atoms with Gasteiger partial charge in [0, 0.05) is 10.5 Å². The van der Waals surface area contributed by atoms with Crippen LogP contribution >= 0.6 is 15.9 Å². The molecule has 0 spiro atoms. The summed E-state index contributed by atoms with van der Waals surface area (Å²) in [6.07, 6.45) is 3.31. The Morgan fingerprint density at radius 1 is 1.24 bits per heavy atom. The second kappa shape index (κ2) is 7.30. The van der Waals surface area contributed by atoms with E-state index in [0.29, 0.717) is 4.48 Å². The van der Waals surface area contributed by atoms with E-state index in [1.807, 2.05) is 36.4 Å². The van der Waals surface area contributed by atoms with Crippen molar-refractivity contribution in [2.75, 3.05) is 0 Å². The van der Waals surface area contributed by atoms with Crippen LogP contribution in [0, 0.1) is 0 Å². The zero-order valence-corrected chi connectivity index (χ0v) is 12.4. The highest BCUT2D eigenvalue weighted by Crippen LogP contribution is 2.09. The van der Waals surface area contributed by atoms with Crippen LogP contribution in [0.2, 0.25) is 0 Å². The number of hydrogen-bond donors (Lipinski definition) is 2. The van der Waals surface area contributed by atoms with E-state index in [1.54, 1.807) is 0 Å². The number of nitrogens with zero attached hydrogens (tertiary/aromatic N) is 2. The molecule has 1 aromatic heterocycles. The lowest BCUT2D eigenvalue weighted by Gasteiger charge is -1.97. The zero-order chi connectivity index (χ0) is 15.1.